The summed E-state index contributed by atoms with van der Waals surface area (Å²) in [5, 5.41) is 21.0. The van der Waals surface area contributed by atoms with Crippen LogP contribution in [0.15, 0.2) is 15.3 Å². The van der Waals surface area contributed by atoms with Crippen LogP contribution in [0.1, 0.15) is 30.2 Å². The molecule has 0 aliphatic rings. The third-order valence-electron chi connectivity index (χ3n) is 1.87. The fourth-order valence-electron chi connectivity index (χ4n) is 1.06. The maximum absolute atomic E-state index is 11.2. The molecule has 88 valence electrons. The minimum atomic E-state index is -1.34. The van der Waals surface area contributed by atoms with Gasteiger partial charge in [-0.3, -0.25) is 4.79 Å². The smallest absolute Gasteiger partial charge is 0.371 e. The average Bonchev–Trinajstić information content (AvgIpc) is 2.19. The molecule has 0 saturated heterocycles. The van der Waals surface area contributed by atoms with Gasteiger partial charge in [-0.05, 0) is 0 Å². The van der Waals surface area contributed by atoms with E-state index in [1.54, 1.807) is 0 Å². The van der Waals surface area contributed by atoms with E-state index < -0.39 is 22.9 Å². The zero-order chi connectivity index (χ0) is 12.3. The van der Waals surface area contributed by atoms with Crippen molar-refractivity contribution in [3.8, 4) is 5.75 Å². The molecular weight excluding hydrogens is 214 g/mol. The summed E-state index contributed by atoms with van der Waals surface area (Å²) in [4.78, 5) is 21.8. The summed E-state index contributed by atoms with van der Waals surface area (Å²) in [7, 11) is 0. The highest BCUT2D eigenvalue weighted by molar-refractivity contribution is 5.84. The van der Waals surface area contributed by atoms with Gasteiger partial charge in [0.05, 0.1) is 6.54 Å². The van der Waals surface area contributed by atoms with Gasteiger partial charge in [-0.2, -0.15) is 0 Å². The van der Waals surface area contributed by atoms with Gasteiger partial charge in [-0.25, -0.2) is 4.79 Å². The first-order valence-electron chi connectivity index (χ1n) is 4.74. The molecular formula is C10H13NO5. The molecule has 0 atom stereocenters. The van der Waals surface area contributed by atoms with Gasteiger partial charge in [0.1, 0.15) is 0 Å². The summed E-state index contributed by atoms with van der Waals surface area (Å²) in [6.45, 7) is 3.84. The number of carboxylic acids is 1. The molecule has 1 heterocycles. The van der Waals surface area contributed by atoms with Crippen molar-refractivity contribution in [1.82, 2.24) is 5.32 Å². The van der Waals surface area contributed by atoms with E-state index in [9.17, 15) is 14.7 Å². The highest BCUT2D eigenvalue weighted by Gasteiger charge is 2.15. The van der Waals surface area contributed by atoms with Crippen molar-refractivity contribution in [2.24, 2.45) is 0 Å². The normalized spacial score (nSPS) is 10.7. The van der Waals surface area contributed by atoms with Gasteiger partial charge < -0.3 is 19.9 Å². The van der Waals surface area contributed by atoms with E-state index in [2.05, 4.69) is 5.32 Å². The zero-order valence-electron chi connectivity index (χ0n) is 8.98. The Labute approximate surface area is 91.5 Å². The molecule has 0 amide bonds. The average molecular weight is 227 g/mol. The summed E-state index contributed by atoms with van der Waals surface area (Å²) in [6, 6.07) is 0.870. The maximum atomic E-state index is 11.2. The highest BCUT2D eigenvalue weighted by atomic mass is 16.4. The van der Waals surface area contributed by atoms with Crippen LogP contribution in [0.2, 0.25) is 0 Å². The fourth-order valence-corrected chi connectivity index (χ4v) is 1.06. The SMILES string of the molecule is CC(C)NCc1oc(C(=O)O)cc(=O)c1O. The molecule has 16 heavy (non-hydrogen) atoms. The zero-order valence-corrected chi connectivity index (χ0v) is 8.98. The van der Waals surface area contributed by atoms with Crippen molar-refractivity contribution in [2.75, 3.05) is 0 Å². The summed E-state index contributed by atoms with van der Waals surface area (Å²) < 4.78 is 4.89. The van der Waals surface area contributed by atoms with E-state index in [0.29, 0.717) is 0 Å². The quantitative estimate of drug-likeness (QED) is 0.694. The lowest BCUT2D eigenvalue weighted by atomic mass is 10.3. The maximum Gasteiger partial charge on any atom is 0.371 e. The van der Waals surface area contributed by atoms with Crippen molar-refractivity contribution in [3.05, 3.63) is 27.8 Å². The van der Waals surface area contributed by atoms with E-state index in [0.717, 1.165) is 6.07 Å². The minimum Gasteiger partial charge on any atom is -0.502 e. The van der Waals surface area contributed by atoms with Crippen molar-refractivity contribution >= 4 is 5.97 Å². The van der Waals surface area contributed by atoms with E-state index in [4.69, 9.17) is 9.52 Å². The number of nitrogens with one attached hydrogen (secondary N) is 1. The van der Waals surface area contributed by atoms with E-state index in [-0.39, 0.29) is 18.3 Å². The Morgan fingerprint density at radius 2 is 2.19 bits per heavy atom. The van der Waals surface area contributed by atoms with Crippen LogP contribution in [0.5, 0.6) is 5.75 Å². The second-order valence-corrected chi connectivity index (χ2v) is 3.59. The van der Waals surface area contributed by atoms with Crippen molar-refractivity contribution in [2.45, 2.75) is 26.4 Å². The van der Waals surface area contributed by atoms with E-state index in [1.807, 2.05) is 13.8 Å². The molecule has 3 N–H and O–H groups in total. The number of aromatic hydroxyl groups is 1. The molecule has 0 bridgehead atoms. The Hall–Kier alpha value is -1.82. The summed E-state index contributed by atoms with van der Waals surface area (Å²) in [5.74, 6) is -2.46. The van der Waals surface area contributed by atoms with Crippen LogP contribution in [-0.2, 0) is 6.54 Å². The predicted octanol–water partition coefficient (Wildman–Crippen LogP) is 0.542. The lowest BCUT2D eigenvalue weighted by Gasteiger charge is -2.08. The summed E-state index contributed by atoms with van der Waals surface area (Å²) >= 11 is 0. The van der Waals surface area contributed by atoms with Crippen LogP contribution in [0.3, 0.4) is 0 Å². The first-order chi connectivity index (χ1) is 7.41. The third kappa shape index (κ3) is 2.83. The van der Waals surface area contributed by atoms with Crippen molar-refractivity contribution < 1.29 is 19.4 Å². The van der Waals surface area contributed by atoms with Crippen LogP contribution in [0.25, 0.3) is 0 Å². The molecule has 0 fully saturated rings. The second-order valence-electron chi connectivity index (χ2n) is 3.59. The lowest BCUT2D eigenvalue weighted by Crippen LogP contribution is -2.23. The highest BCUT2D eigenvalue weighted by Crippen LogP contribution is 2.13. The van der Waals surface area contributed by atoms with Gasteiger partial charge in [0.15, 0.2) is 5.76 Å². The summed E-state index contributed by atoms with van der Waals surface area (Å²) in [6.07, 6.45) is 0. The number of aromatic carboxylic acids is 1. The first-order valence-corrected chi connectivity index (χ1v) is 4.74. The Kier molecular flexibility index (Phi) is 3.68. The number of hydrogen-bond acceptors (Lipinski definition) is 5. The molecule has 1 rings (SSSR count). The largest absolute Gasteiger partial charge is 0.502 e. The van der Waals surface area contributed by atoms with Gasteiger partial charge in [0.25, 0.3) is 0 Å². The molecule has 0 radical (unpaired) electrons. The molecule has 6 heteroatoms. The minimum absolute atomic E-state index is 0.0707. The molecule has 6 nitrogen and oxygen atoms in total. The fraction of sp³-hybridized carbons (Fsp3) is 0.400. The third-order valence-corrected chi connectivity index (χ3v) is 1.87. The topological polar surface area (TPSA) is 99.8 Å². The van der Waals surface area contributed by atoms with Gasteiger partial charge >= 0.3 is 5.97 Å². The van der Waals surface area contributed by atoms with Gasteiger partial charge in [-0.1, -0.05) is 13.8 Å². The lowest BCUT2D eigenvalue weighted by molar-refractivity contribution is 0.0655. The van der Waals surface area contributed by atoms with Gasteiger partial charge in [0.2, 0.25) is 16.9 Å². The van der Waals surface area contributed by atoms with Crippen LogP contribution in [0.4, 0.5) is 0 Å². The second kappa shape index (κ2) is 4.80. The van der Waals surface area contributed by atoms with Crippen molar-refractivity contribution in [3.63, 3.8) is 0 Å². The Bertz CT molecular complexity index is 449. The van der Waals surface area contributed by atoms with Crippen LogP contribution in [0, 0.1) is 0 Å². The molecule has 0 aliphatic heterocycles. The molecule has 1 aromatic heterocycles. The Balaban J connectivity index is 3.07. The molecule has 0 saturated carbocycles. The molecule has 0 aromatic carbocycles. The standard InChI is InChI=1S/C10H13NO5/c1-5(2)11-4-8-9(13)6(12)3-7(16-8)10(14)15/h3,5,11,13H,4H2,1-2H3,(H,14,15). The summed E-state index contributed by atoms with van der Waals surface area (Å²) in [5.41, 5.74) is -0.760. The molecule has 0 aliphatic carbocycles. The van der Waals surface area contributed by atoms with E-state index >= 15 is 0 Å². The number of carboxylic acid groups (broad SMARTS) is 1. The molecule has 1 aromatic rings. The first kappa shape index (κ1) is 12.3. The predicted molar refractivity (Wildman–Crippen MR) is 55.6 cm³/mol. The number of carbonyl (C=O) groups is 1. The van der Waals surface area contributed by atoms with E-state index in [1.165, 1.54) is 0 Å². The Morgan fingerprint density at radius 1 is 1.56 bits per heavy atom. The number of hydrogen-bond donors (Lipinski definition) is 3. The van der Waals surface area contributed by atoms with Crippen LogP contribution >= 0.6 is 0 Å². The molecule has 0 spiro atoms. The van der Waals surface area contributed by atoms with Crippen LogP contribution in [-0.4, -0.2) is 22.2 Å². The monoisotopic (exact) mass is 227 g/mol. The van der Waals surface area contributed by atoms with Crippen molar-refractivity contribution in [1.29, 1.82) is 0 Å². The van der Waals surface area contributed by atoms with Gasteiger partial charge in [-0.15, -0.1) is 0 Å². The van der Waals surface area contributed by atoms with Gasteiger partial charge in [0, 0.05) is 12.1 Å². The molecule has 0 unspecified atom stereocenters. The van der Waals surface area contributed by atoms with Crippen LogP contribution < -0.4 is 10.7 Å². The Morgan fingerprint density at radius 3 is 2.69 bits per heavy atom. The number of rotatable bonds is 4.